The van der Waals surface area contributed by atoms with Crippen LogP contribution in [0.15, 0.2) is 24.4 Å². The summed E-state index contributed by atoms with van der Waals surface area (Å²) in [7, 11) is 0. The average Bonchev–Trinajstić information content (AvgIpc) is 3.21. The van der Waals surface area contributed by atoms with Gasteiger partial charge in [0, 0.05) is 18.7 Å². The molecule has 0 bridgehead atoms. The predicted molar refractivity (Wildman–Crippen MR) is 70.6 cm³/mol. The number of nitrogens with zero attached hydrogens (tertiary/aromatic N) is 2. The van der Waals surface area contributed by atoms with Gasteiger partial charge in [0.2, 0.25) is 5.91 Å². The molecule has 4 nitrogen and oxygen atoms in total. The summed E-state index contributed by atoms with van der Waals surface area (Å²) < 4.78 is 0. The second-order valence-corrected chi connectivity index (χ2v) is 5.12. The zero-order chi connectivity index (χ0) is 13.0. The zero-order valence-electron chi connectivity index (χ0n) is 10.9. The molecule has 1 saturated carbocycles. The van der Waals surface area contributed by atoms with Gasteiger partial charge in [-0.25, -0.2) is 0 Å². The zero-order valence-corrected chi connectivity index (χ0v) is 10.9. The summed E-state index contributed by atoms with van der Waals surface area (Å²) in [5.74, 6) is 0.462. The van der Waals surface area contributed by atoms with Crippen molar-refractivity contribution in [2.45, 2.75) is 38.8 Å². The van der Waals surface area contributed by atoms with Crippen molar-refractivity contribution < 1.29 is 4.79 Å². The van der Waals surface area contributed by atoms with Gasteiger partial charge in [-0.05, 0) is 37.4 Å². The van der Waals surface area contributed by atoms with E-state index in [0.717, 1.165) is 18.5 Å². The fraction of sp³-hybridized carbons (Fsp3) is 0.571. The van der Waals surface area contributed by atoms with E-state index >= 15 is 0 Å². The number of pyridine rings is 1. The Labute approximate surface area is 108 Å². The predicted octanol–water partition coefficient (Wildman–Crippen LogP) is 1.56. The minimum absolute atomic E-state index is 0.209. The van der Waals surface area contributed by atoms with Crippen molar-refractivity contribution in [1.29, 1.82) is 0 Å². The molecule has 1 unspecified atom stereocenters. The van der Waals surface area contributed by atoms with E-state index in [-0.39, 0.29) is 11.8 Å². The standard InChI is InChI=1S/C14H21N3O/c1-11(9-15)8-14(18)17(13-5-6-13)10-12-4-2-3-7-16-12/h2-4,7,11,13H,5-6,8-10,15H2,1H3. The Morgan fingerprint density at radius 3 is 2.89 bits per heavy atom. The SMILES string of the molecule is CC(CN)CC(=O)N(Cc1ccccn1)C1CC1. The lowest BCUT2D eigenvalue weighted by Gasteiger charge is -2.23. The summed E-state index contributed by atoms with van der Waals surface area (Å²) in [4.78, 5) is 18.5. The Kier molecular flexibility index (Phi) is 4.31. The maximum Gasteiger partial charge on any atom is 0.223 e. The molecule has 1 fully saturated rings. The lowest BCUT2D eigenvalue weighted by Crippen LogP contribution is -2.34. The van der Waals surface area contributed by atoms with Gasteiger partial charge in [0.15, 0.2) is 0 Å². The summed E-state index contributed by atoms with van der Waals surface area (Å²) >= 11 is 0. The first kappa shape index (κ1) is 13.0. The van der Waals surface area contributed by atoms with Crippen molar-refractivity contribution in [2.24, 2.45) is 11.7 Å². The molecular weight excluding hydrogens is 226 g/mol. The van der Waals surface area contributed by atoms with Crippen LogP contribution in [0, 0.1) is 5.92 Å². The fourth-order valence-electron chi connectivity index (χ4n) is 1.97. The normalized spacial score (nSPS) is 16.3. The third kappa shape index (κ3) is 3.53. The van der Waals surface area contributed by atoms with Crippen LogP contribution in [0.25, 0.3) is 0 Å². The highest BCUT2D eigenvalue weighted by atomic mass is 16.2. The molecule has 1 atom stereocenters. The second kappa shape index (κ2) is 5.96. The highest BCUT2D eigenvalue weighted by Crippen LogP contribution is 2.29. The molecule has 2 N–H and O–H groups in total. The van der Waals surface area contributed by atoms with Crippen LogP contribution >= 0.6 is 0 Å². The van der Waals surface area contributed by atoms with Crippen LogP contribution in [-0.4, -0.2) is 28.4 Å². The molecule has 0 aliphatic heterocycles. The van der Waals surface area contributed by atoms with Crippen LogP contribution in [0.4, 0.5) is 0 Å². The van der Waals surface area contributed by atoms with Gasteiger partial charge in [-0.3, -0.25) is 9.78 Å². The molecule has 1 amide bonds. The van der Waals surface area contributed by atoms with Crippen molar-refractivity contribution in [3.63, 3.8) is 0 Å². The van der Waals surface area contributed by atoms with Crippen LogP contribution in [-0.2, 0) is 11.3 Å². The van der Waals surface area contributed by atoms with Gasteiger partial charge in [0.25, 0.3) is 0 Å². The molecule has 0 saturated heterocycles. The maximum atomic E-state index is 12.2. The number of amides is 1. The number of carbonyl (C=O) groups excluding carboxylic acids is 1. The number of hydrogen-bond acceptors (Lipinski definition) is 3. The second-order valence-electron chi connectivity index (χ2n) is 5.12. The average molecular weight is 247 g/mol. The summed E-state index contributed by atoms with van der Waals surface area (Å²) in [5, 5.41) is 0. The molecule has 0 radical (unpaired) electrons. The molecule has 4 heteroatoms. The van der Waals surface area contributed by atoms with Gasteiger partial charge < -0.3 is 10.6 Å². The number of rotatable bonds is 6. The molecule has 0 spiro atoms. The third-order valence-corrected chi connectivity index (χ3v) is 3.29. The van der Waals surface area contributed by atoms with E-state index in [0.29, 0.717) is 25.6 Å². The third-order valence-electron chi connectivity index (χ3n) is 3.29. The highest BCUT2D eigenvalue weighted by molar-refractivity contribution is 5.77. The van der Waals surface area contributed by atoms with E-state index in [2.05, 4.69) is 4.98 Å². The molecule has 1 aliphatic carbocycles. The lowest BCUT2D eigenvalue weighted by molar-refractivity contribution is -0.133. The van der Waals surface area contributed by atoms with E-state index < -0.39 is 0 Å². The Balaban J connectivity index is 1.98. The molecule has 1 aromatic heterocycles. The molecule has 1 aromatic rings. The smallest absolute Gasteiger partial charge is 0.223 e. The Bertz CT molecular complexity index is 389. The Morgan fingerprint density at radius 2 is 2.33 bits per heavy atom. The van der Waals surface area contributed by atoms with Gasteiger partial charge >= 0.3 is 0 Å². The van der Waals surface area contributed by atoms with Crippen LogP contribution < -0.4 is 5.73 Å². The number of aromatic nitrogens is 1. The van der Waals surface area contributed by atoms with Crippen molar-refractivity contribution >= 4 is 5.91 Å². The van der Waals surface area contributed by atoms with Gasteiger partial charge in [-0.1, -0.05) is 13.0 Å². The maximum absolute atomic E-state index is 12.2. The number of carbonyl (C=O) groups is 1. The van der Waals surface area contributed by atoms with E-state index in [1.807, 2.05) is 30.0 Å². The first-order chi connectivity index (χ1) is 8.70. The molecule has 0 aromatic carbocycles. The van der Waals surface area contributed by atoms with Crippen LogP contribution in [0.3, 0.4) is 0 Å². The van der Waals surface area contributed by atoms with Crippen LogP contribution in [0.2, 0.25) is 0 Å². The molecule has 1 heterocycles. The minimum Gasteiger partial charge on any atom is -0.334 e. The fourth-order valence-corrected chi connectivity index (χ4v) is 1.97. The van der Waals surface area contributed by atoms with Gasteiger partial charge in [0.1, 0.15) is 0 Å². The van der Waals surface area contributed by atoms with E-state index in [4.69, 9.17) is 5.73 Å². The molecular formula is C14H21N3O. The van der Waals surface area contributed by atoms with E-state index in [1.54, 1.807) is 6.20 Å². The van der Waals surface area contributed by atoms with E-state index in [1.165, 1.54) is 0 Å². The summed E-state index contributed by atoms with van der Waals surface area (Å²) in [6.07, 6.45) is 4.55. The Morgan fingerprint density at radius 1 is 1.56 bits per heavy atom. The summed E-state index contributed by atoms with van der Waals surface area (Å²) in [6, 6.07) is 6.24. The number of nitrogens with two attached hydrogens (primary N) is 1. The van der Waals surface area contributed by atoms with Gasteiger partial charge in [-0.2, -0.15) is 0 Å². The van der Waals surface area contributed by atoms with Crippen molar-refractivity contribution in [1.82, 2.24) is 9.88 Å². The minimum atomic E-state index is 0.209. The molecule has 98 valence electrons. The highest BCUT2D eigenvalue weighted by Gasteiger charge is 2.32. The van der Waals surface area contributed by atoms with Crippen molar-refractivity contribution in [3.8, 4) is 0 Å². The van der Waals surface area contributed by atoms with Gasteiger partial charge in [-0.15, -0.1) is 0 Å². The quantitative estimate of drug-likeness (QED) is 0.830. The van der Waals surface area contributed by atoms with Crippen LogP contribution in [0.5, 0.6) is 0 Å². The van der Waals surface area contributed by atoms with Crippen molar-refractivity contribution in [3.05, 3.63) is 30.1 Å². The molecule has 2 rings (SSSR count). The lowest BCUT2D eigenvalue weighted by atomic mass is 10.1. The first-order valence-electron chi connectivity index (χ1n) is 6.60. The first-order valence-corrected chi connectivity index (χ1v) is 6.60. The monoisotopic (exact) mass is 247 g/mol. The molecule has 1 aliphatic rings. The van der Waals surface area contributed by atoms with E-state index in [9.17, 15) is 4.79 Å². The van der Waals surface area contributed by atoms with Crippen LogP contribution in [0.1, 0.15) is 31.9 Å². The number of hydrogen-bond donors (Lipinski definition) is 1. The topological polar surface area (TPSA) is 59.2 Å². The van der Waals surface area contributed by atoms with Gasteiger partial charge in [0.05, 0.1) is 12.2 Å². The Hall–Kier alpha value is -1.42. The summed E-state index contributed by atoms with van der Waals surface area (Å²) in [6.45, 7) is 3.21. The largest absolute Gasteiger partial charge is 0.334 e. The molecule has 18 heavy (non-hydrogen) atoms. The summed E-state index contributed by atoms with van der Waals surface area (Å²) in [5.41, 5.74) is 6.54. The van der Waals surface area contributed by atoms with Crippen molar-refractivity contribution in [2.75, 3.05) is 6.54 Å².